The van der Waals surface area contributed by atoms with Crippen molar-refractivity contribution < 1.29 is 4.48 Å². The Labute approximate surface area is 132 Å². The van der Waals surface area contributed by atoms with E-state index in [2.05, 4.69) is 81.5 Å². The highest BCUT2D eigenvalue weighted by atomic mass is 32.2. The SMILES string of the molecule is CC(CN1c2ccccc2Sc2ccccc21)[N+](C)(C)C. The molecule has 0 radical (unpaired) electrons. The zero-order chi connectivity index (χ0) is 15.0. The zero-order valence-corrected chi connectivity index (χ0v) is 14.0. The van der Waals surface area contributed by atoms with Gasteiger partial charge in [0.2, 0.25) is 0 Å². The molecule has 0 aliphatic carbocycles. The van der Waals surface area contributed by atoms with Crippen molar-refractivity contribution in [1.29, 1.82) is 0 Å². The van der Waals surface area contributed by atoms with Gasteiger partial charge in [0, 0.05) is 9.79 Å². The molecule has 1 aliphatic heterocycles. The summed E-state index contributed by atoms with van der Waals surface area (Å²) < 4.78 is 0.966. The van der Waals surface area contributed by atoms with Crippen molar-refractivity contribution in [2.45, 2.75) is 22.8 Å². The van der Waals surface area contributed by atoms with E-state index in [4.69, 9.17) is 0 Å². The van der Waals surface area contributed by atoms with Gasteiger partial charge in [0.05, 0.1) is 39.1 Å². The van der Waals surface area contributed by atoms with Crippen LogP contribution in [0.25, 0.3) is 0 Å². The van der Waals surface area contributed by atoms with Gasteiger partial charge in [-0.3, -0.25) is 0 Å². The van der Waals surface area contributed by atoms with Crippen LogP contribution in [0.5, 0.6) is 0 Å². The third kappa shape index (κ3) is 2.81. The first-order chi connectivity index (χ1) is 9.97. The van der Waals surface area contributed by atoms with Crippen molar-refractivity contribution >= 4 is 23.1 Å². The molecule has 1 heterocycles. The second-order valence-corrected chi connectivity index (χ2v) is 7.70. The molecular weight excluding hydrogens is 276 g/mol. The first kappa shape index (κ1) is 14.5. The summed E-state index contributed by atoms with van der Waals surface area (Å²) in [5, 5.41) is 0. The average Bonchev–Trinajstić information content (AvgIpc) is 2.46. The quantitative estimate of drug-likeness (QED) is 0.774. The molecule has 0 amide bonds. The standard InChI is InChI=1S/C18H23N2S/c1-14(20(2,3)4)13-19-15-9-5-7-11-17(15)21-18-12-8-6-10-16(18)19/h5-12,14H,13H2,1-4H3/q+1. The van der Waals surface area contributed by atoms with Gasteiger partial charge in [-0.15, -0.1) is 0 Å². The van der Waals surface area contributed by atoms with Gasteiger partial charge in [-0.1, -0.05) is 36.0 Å². The van der Waals surface area contributed by atoms with Crippen LogP contribution in [0.2, 0.25) is 0 Å². The summed E-state index contributed by atoms with van der Waals surface area (Å²) in [4.78, 5) is 5.18. The highest BCUT2D eigenvalue weighted by Gasteiger charge is 2.28. The predicted molar refractivity (Wildman–Crippen MR) is 91.5 cm³/mol. The molecule has 3 heteroatoms. The van der Waals surface area contributed by atoms with E-state index in [-0.39, 0.29) is 0 Å². The summed E-state index contributed by atoms with van der Waals surface area (Å²) in [6, 6.07) is 18.0. The van der Waals surface area contributed by atoms with Crippen LogP contribution in [0.15, 0.2) is 58.3 Å². The maximum Gasteiger partial charge on any atom is 0.104 e. The second-order valence-electron chi connectivity index (χ2n) is 6.61. The molecule has 1 aliphatic rings. The van der Waals surface area contributed by atoms with E-state index in [0.29, 0.717) is 6.04 Å². The van der Waals surface area contributed by atoms with Crippen LogP contribution in [0, 0.1) is 0 Å². The molecule has 110 valence electrons. The second kappa shape index (κ2) is 5.39. The fourth-order valence-electron chi connectivity index (χ4n) is 2.49. The Morgan fingerprint density at radius 3 is 1.86 bits per heavy atom. The van der Waals surface area contributed by atoms with Gasteiger partial charge >= 0.3 is 0 Å². The first-order valence-electron chi connectivity index (χ1n) is 7.41. The highest BCUT2D eigenvalue weighted by Crippen LogP contribution is 2.47. The van der Waals surface area contributed by atoms with Crippen molar-refractivity contribution in [3.05, 3.63) is 48.5 Å². The molecule has 21 heavy (non-hydrogen) atoms. The molecule has 1 atom stereocenters. The summed E-state index contributed by atoms with van der Waals surface area (Å²) in [5.74, 6) is 0. The van der Waals surface area contributed by atoms with E-state index in [1.165, 1.54) is 21.2 Å². The number of hydrogen-bond acceptors (Lipinski definition) is 2. The van der Waals surface area contributed by atoms with Crippen LogP contribution in [-0.2, 0) is 0 Å². The van der Waals surface area contributed by atoms with Gasteiger partial charge in [0.25, 0.3) is 0 Å². The van der Waals surface area contributed by atoms with Crippen molar-refractivity contribution in [3.8, 4) is 0 Å². The van der Waals surface area contributed by atoms with Crippen LogP contribution in [-0.4, -0.2) is 38.2 Å². The Kier molecular flexibility index (Phi) is 3.72. The van der Waals surface area contributed by atoms with E-state index in [9.17, 15) is 0 Å². The number of hydrogen-bond donors (Lipinski definition) is 0. The Hall–Kier alpha value is -1.45. The number of anilines is 2. The fraction of sp³-hybridized carbons (Fsp3) is 0.333. The number of rotatable bonds is 3. The van der Waals surface area contributed by atoms with Crippen LogP contribution in [0.1, 0.15) is 6.92 Å². The van der Waals surface area contributed by atoms with E-state index >= 15 is 0 Å². The molecule has 0 spiro atoms. The molecule has 1 unspecified atom stereocenters. The maximum atomic E-state index is 2.48. The van der Waals surface area contributed by atoms with Crippen LogP contribution in [0.3, 0.4) is 0 Å². The monoisotopic (exact) mass is 299 g/mol. The fourth-order valence-corrected chi connectivity index (χ4v) is 3.58. The number of fused-ring (bicyclic) bond motifs is 2. The van der Waals surface area contributed by atoms with E-state index in [1.807, 2.05) is 11.8 Å². The molecule has 0 bridgehead atoms. The molecule has 0 N–H and O–H groups in total. The Balaban J connectivity index is 2.03. The zero-order valence-electron chi connectivity index (χ0n) is 13.2. The third-order valence-corrected chi connectivity index (χ3v) is 5.43. The summed E-state index contributed by atoms with van der Waals surface area (Å²) >= 11 is 1.87. The smallest absolute Gasteiger partial charge is 0.104 e. The number of nitrogens with zero attached hydrogens (tertiary/aromatic N) is 2. The minimum absolute atomic E-state index is 0.550. The molecule has 2 nitrogen and oxygen atoms in total. The number of para-hydroxylation sites is 2. The van der Waals surface area contributed by atoms with Gasteiger partial charge in [0.15, 0.2) is 0 Å². The normalized spacial score (nSPS) is 15.3. The van der Waals surface area contributed by atoms with Crippen molar-refractivity contribution in [1.82, 2.24) is 0 Å². The molecule has 0 fully saturated rings. The van der Waals surface area contributed by atoms with Gasteiger partial charge in [-0.25, -0.2) is 0 Å². The largest absolute Gasteiger partial charge is 0.334 e. The number of benzene rings is 2. The van der Waals surface area contributed by atoms with Gasteiger partial charge in [0.1, 0.15) is 6.04 Å². The minimum Gasteiger partial charge on any atom is -0.334 e. The lowest BCUT2D eigenvalue weighted by atomic mass is 10.1. The third-order valence-electron chi connectivity index (χ3n) is 4.30. The minimum atomic E-state index is 0.550. The van der Waals surface area contributed by atoms with Crippen molar-refractivity contribution in [3.63, 3.8) is 0 Å². The molecule has 2 aromatic rings. The summed E-state index contributed by atoms with van der Waals surface area (Å²) in [6.07, 6.45) is 0. The molecular formula is C18H23N2S+. The predicted octanol–water partition coefficient (Wildman–Crippen LogP) is 4.38. The topological polar surface area (TPSA) is 3.24 Å². The summed E-state index contributed by atoms with van der Waals surface area (Å²) in [7, 11) is 6.80. The van der Waals surface area contributed by atoms with E-state index in [0.717, 1.165) is 11.0 Å². The highest BCUT2D eigenvalue weighted by molar-refractivity contribution is 7.99. The van der Waals surface area contributed by atoms with Crippen molar-refractivity contribution in [2.24, 2.45) is 0 Å². The summed E-state index contributed by atoms with van der Waals surface area (Å²) in [6.45, 7) is 3.35. The average molecular weight is 299 g/mol. The summed E-state index contributed by atoms with van der Waals surface area (Å²) in [5.41, 5.74) is 2.67. The van der Waals surface area contributed by atoms with Gasteiger partial charge < -0.3 is 9.38 Å². The lowest BCUT2D eigenvalue weighted by Gasteiger charge is -2.39. The van der Waals surface area contributed by atoms with Gasteiger partial charge in [-0.2, -0.15) is 0 Å². The Bertz CT molecular complexity index is 600. The van der Waals surface area contributed by atoms with Crippen LogP contribution in [0.4, 0.5) is 11.4 Å². The molecule has 0 saturated heterocycles. The van der Waals surface area contributed by atoms with Crippen LogP contribution < -0.4 is 4.90 Å². The first-order valence-corrected chi connectivity index (χ1v) is 8.23. The number of quaternary nitrogens is 1. The number of likely N-dealkylation sites (N-methyl/N-ethyl adjacent to an activating group) is 1. The van der Waals surface area contributed by atoms with Crippen LogP contribution >= 0.6 is 11.8 Å². The van der Waals surface area contributed by atoms with E-state index in [1.54, 1.807) is 0 Å². The maximum absolute atomic E-state index is 2.48. The van der Waals surface area contributed by atoms with Gasteiger partial charge in [-0.05, 0) is 31.2 Å². The lowest BCUT2D eigenvalue weighted by Crippen LogP contribution is -2.49. The van der Waals surface area contributed by atoms with Crippen molar-refractivity contribution in [2.75, 3.05) is 32.6 Å². The molecule has 0 aromatic heterocycles. The Morgan fingerprint density at radius 1 is 0.905 bits per heavy atom. The molecule has 3 rings (SSSR count). The Morgan fingerprint density at radius 2 is 1.38 bits per heavy atom. The molecule has 0 saturated carbocycles. The lowest BCUT2D eigenvalue weighted by molar-refractivity contribution is -0.892. The van der Waals surface area contributed by atoms with E-state index < -0.39 is 0 Å². The molecule has 2 aromatic carbocycles.